The highest BCUT2D eigenvalue weighted by Crippen LogP contribution is 2.35. The smallest absolute Gasteiger partial charge is 0.257 e. The lowest BCUT2D eigenvalue weighted by Crippen LogP contribution is -2.39. The summed E-state index contributed by atoms with van der Waals surface area (Å²) in [6.45, 7) is 7.62. The van der Waals surface area contributed by atoms with E-state index in [1.807, 2.05) is 0 Å². The number of nitrogens with two attached hydrogens (primary N) is 1. The molecule has 6 heteroatoms. The number of amides is 1. The summed E-state index contributed by atoms with van der Waals surface area (Å²) in [6, 6.07) is 3.35. The van der Waals surface area contributed by atoms with Crippen LogP contribution in [-0.2, 0) is 6.54 Å². The van der Waals surface area contributed by atoms with Gasteiger partial charge in [-0.25, -0.2) is 4.39 Å². The van der Waals surface area contributed by atoms with E-state index in [-0.39, 0.29) is 11.5 Å². The van der Waals surface area contributed by atoms with E-state index in [0.717, 1.165) is 25.7 Å². The Morgan fingerprint density at radius 1 is 1.42 bits per heavy atom. The van der Waals surface area contributed by atoms with Gasteiger partial charge in [0.05, 0.1) is 5.56 Å². The minimum atomic E-state index is -0.792. The molecule has 26 heavy (non-hydrogen) atoms. The lowest BCUT2D eigenvalue weighted by Gasteiger charge is -2.34. The van der Waals surface area contributed by atoms with Gasteiger partial charge in [0.25, 0.3) is 5.91 Å². The minimum Gasteiger partial charge on any atom is -0.505 e. The number of fused-ring (bicyclic) bond motifs is 1. The van der Waals surface area contributed by atoms with E-state index < -0.39 is 11.6 Å². The summed E-state index contributed by atoms with van der Waals surface area (Å²) >= 11 is 0. The Bertz CT molecular complexity index is 699. The topological polar surface area (TPSA) is 78.6 Å². The molecule has 4 N–H and O–H groups in total. The van der Waals surface area contributed by atoms with Crippen molar-refractivity contribution in [2.45, 2.75) is 45.2 Å². The molecular formula is C20H28FN3O2. The number of phenols is 1. The summed E-state index contributed by atoms with van der Waals surface area (Å²) in [6.07, 6.45) is 4.35. The molecule has 1 fully saturated rings. The van der Waals surface area contributed by atoms with Crippen LogP contribution in [0.15, 0.2) is 24.4 Å². The molecule has 1 heterocycles. The van der Waals surface area contributed by atoms with Crippen LogP contribution in [0.1, 0.15) is 48.5 Å². The third-order valence-electron chi connectivity index (χ3n) is 5.80. The molecule has 0 saturated heterocycles. The van der Waals surface area contributed by atoms with Crippen molar-refractivity contribution in [2.75, 3.05) is 13.1 Å². The maximum atomic E-state index is 14.1. The van der Waals surface area contributed by atoms with Crippen LogP contribution in [0.3, 0.4) is 0 Å². The molecule has 0 aromatic heterocycles. The van der Waals surface area contributed by atoms with Crippen molar-refractivity contribution in [3.63, 3.8) is 0 Å². The molecule has 1 aliphatic heterocycles. The summed E-state index contributed by atoms with van der Waals surface area (Å²) in [7, 11) is 0. The molecule has 0 spiro atoms. The minimum absolute atomic E-state index is 0.0403. The largest absolute Gasteiger partial charge is 0.505 e. The van der Waals surface area contributed by atoms with E-state index in [2.05, 4.69) is 18.8 Å². The number of nitrogens with one attached hydrogen (secondary N) is 1. The Hall–Kier alpha value is -2.08. The Balaban J connectivity index is 1.52. The van der Waals surface area contributed by atoms with Crippen molar-refractivity contribution in [2.24, 2.45) is 17.6 Å². The molecular weight excluding hydrogens is 333 g/mol. The zero-order valence-corrected chi connectivity index (χ0v) is 15.3. The summed E-state index contributed by atoms with van der Waals surface area (Å²) < 4.78 is 14.1. The number of halogens is 1. The second-order valence-corrected chi connectivity index (χ2v) is 7.73. The second kappa shape index (κ2) is 7.66. The highest BCUT2D eigenvalue weighted by atomic mass is 19.1. The van der Waals surface area contributed by atoms with Crippen LogP contribution in [0.5, 0.6) is 5.75 Å². The summed E-state index contributed by atoms with van der Waals surface area (Å²) in [4.78, 5) is 14.2. The van der Waals surface area contributed by atoms with Crippen LogP contribution < -0.4 is 11.1 Å². The van der Waals surface area contributed by atoms with Crippen LogP contribution >= 0.6 is 0 Å². The molecule has 1 saturated carbocycles. The first-order valence-corrected chi connectivity index (χ1v) is 9.33. The van der Waals surface area contributed by atoms with Crippen LogP contribution in [-0.4, -0.2) is 35.0 Å². The van der Waals surface area contributed by atoms with Crippen LogP contribution in [0.2, 0.25) is 0 Å². The van der Waals surface area contributed by atoms with Gasteiger partial charge in [0.15, 0.2) is 11.6 Å². The number of rotatable bonds is 6. The molecule has 0 bridgehead atoms. The second-order valence-electron chi connectivity index (χ2n) is 7.73. The zero-order chi connectivity index (χ0) is 18.8. The number of carbonyl (C=O) groups excluding carboxylic acids is 1. The Kier molecular flexibility index (Phi) is 5.51. The third kappa shape index (κ3) is 3.85. The zero-order valence-electron chi connectivity index (χ0n) is 15.3. The average Bonchev–Trinajstić information content (AvgIpc) is 2.93. The first-order chi connectivity index (χ1) is 12.4. The summed E-state index contributed by atoms with van der Waals surface area (Å²) in [5.74, 6) is -0.502. The Morgan fingerprint density at radius 2 is 2.12 bits per heavy atom. The van der Waals surface area contributed by atoms with Crippen molar-refractivity contribution < 1.29 is 14.3 Å². The molecule has 1 aromatic rings. The van der Waals surface area contributed by atoms with E-state index in [9.17, 15) is 14.3 Å². The maximum absolute atomic E-state index is 14.1. The predicted molar refractivity (Wildman–Crippen MR) is 99.0 cm³/mol. The molecule has 0 radical (unpaired) electrons. The SMILES string of the molecule is C=C(N)CNC(C)C1CCC(CN2Cc3ccc(O)c(F)c3C2=O)CC1. The van der Waals surface area contributed by atoms with Gasteiger partial charge in [-0.05, 0) is 56.1 Å². The normalized spacial score (nSPS) is 23.8. The lowest BCUT2D eigenvalue weighted by molar-refractivity contribution is 0.0721. The quantitative estimate of drug-likeness (QED) is 0.728. The number of carbonyl (C=O) groups is 1. The van der Waals surface area contributed by atoms with Crippen LogP contribution in [0.25, 0.3) is 0 Å². The molecule has 5 nitrogen and oxygen atoms in total. The molecule has 1 atom stereocenters. The van der Waals surface area contributed by atoms with Gasteiger partial charge in [-0.1, -0.05) is 12.6 Å². The van der Waals surface area contributed by atoms with Crippen molar-refractivity contribution in [1.29, 1.82) is 0 Å². The highest BCUT2D eigenvalue weighted by Gasteiger charge is 2.34. The number of hydrogen-bond donors (Lipinski definition) is 3. The number of nitrogens with zero attached hydrogens (tertiary/aromatic N) is 1. The van der Waals surface area contributed by atoms with Crippen LogP contribution in [0.4, 0.5) is 4.39 Å². The van der Waals surface area contributed by atoms with E-state index in [1.54, 1.807) is 11.0 Å². The average molecular weight is 361 g/mol. The first kappa shape index (κ1) is 18.7. The summed E-state index contributed by atoms with van der Waals surface area (Å²) in [5, 5.41) is 12.9. The number of aromatic hydroxyl groups is 1. The van der Waals surface area contributed by atoms with Gasteiger partial charge in [-0.2, -0.15) is 0 Å². The van der Waals surface area contributed by atoms with Gasteiger partial charge in [-0.15, -0.1) is 0 Å². The van der Waals surface area contributed by atoms with Crippen LogP contribution in [0, 0.1) is 17.7 Å². The fraction of sp³-hybridized carbons (Fsp3) is 0.550. The van der Waals surface area contributed by atoms with Crippen molar-refractivity contribution in [3.05, 3.63) is 41.4 Å². The standard InChI is InChI=1S/C20H28FN3O2/c1-12(22)9-23-13(2)15-5-3-14(4-6-15)10-24-11-16-7-8-17(25)19(21)18(16)20(24)26/h7-8,13-15,23,25H,1,3-6,9-11,22H2,2H3. The number of benzene rings is 1. The van der Waals surface area contributed by atoms with Gasteiger partial charge >= 0.3 is 0 Å². The van der Waals surface area contributed by atoms with E-state index in [1.165, 1.54) is 6.07 Å². The maximum Gasteiger partial charge on any atom is 0.257 e. The van der Waals surface area contributed by atoms with E-state index in [4.69, 9.17) is 5.73 Å². The lowest BCUT2D eigenvalue weighted by atomic mass is 9.78. The van der Waals surface area contributed by atoms with E-state index >= 15 is 0 Å². The van der Waals surface area contributed by atoms with Gasteiger partial charge in [0.1, 0.15) is 0 Å². The number of hydrogen-bond acceptors (Lipinski definition) is 4. The first-order valence-electron chi connectivity index (χ1n) is 9.33. The fourth-order valence-corrected chi connectivity index (χ4v) is 4.19. The molecule has 142 valence electrons. The molecule has 1 aromatic carbocycles. The third-order valence-corrected chi connectivity index (χ3v) is 5.80. The Morgan fingerprint density at radius 3 is 2.77 bits per heavy atom. The predicted octanol–water partition coefficient (Wildman–Crippen LogP) is 2.74. The van der Waals surface area contributed by atoms with Crippen molar-refractivity contribution in [1.82, 2.24) is 10.2 Å². The van der Waals surface area contributed by atoms with Gasteiger partial charge < -0.3 is 21.1 Å². The van der Waals surface area contributed by atoms with Crippen molar-refractivity contribution >= 4 is 5.91 Å². The molecule has 1 unspecified atom stereocenters. The van der Waals surface area contributed by atoms with Gasteiger partial charge in [0.2, 0.25) is 0 Å². The van der Waals surface area contributed by atoms with Gasteiger partial charge in [0, 0.05) is 31.4 Å². The molecule has 1 aliphatic carbocycles. The number of phenolic OH excluding ortho intramolecular Hbond substituents is 1. The van der Waals surface area contributed by atoms with Crippen molar-refractivity contribution in [3.8, 4) is 5.75 Å². The molecule has 3 rings (SSSR count). The van der Waals surface area contributed by atoms with Gasteiger partial charge in [-0.3, -0.25) is 4.79 Å². The Labute approximate surface area is 154 Å². The monoisotopic (exact) mass is 361 g/mol. The molecule has 1 amide bonds. The van der Waals surface area contributed by atoms with E-state index in [0.29, 0.717) is 48.8 Å². The highest BCUT2D eigenvalue weighted by molar-refractivity contribution is 5.99. The molecule has 2 aliphatic rings. The fourth-order valence-electron chi connectivity index (χ4n) is 4.19. The summed E-state index contributed by atoms with van der Waals surface area (Å²) in [5.41, 5.74) is 6.97.